The van der Waals surface area contributed by atoms with Crippen LogP contribution >= 0.6 is 11.8 Å². The predicted molar refractivity (Wildman–Crippen MR) is 73.6 cm³/mol. The number of hydrogen-bond donors (Lipinski definition) is 2. The first-order valence-corrected chi connectivity index (χ1v) is 7.39. The summed E-state index contributed by atoms with van der Waals surface area (Å²) in [6.45, 7) is 0. The van der Waals surface area contributed by atoms with Crippen LogP contribution in [0.2, 0.25) is 0 Å². The molecule has 1 aliphatic carbocycles. The second kappa shape index (κ2) is 6.81. The normalized spacial score (nSPS) is 23.6. The van der Waals surface area contributed by atoms with Crippen LogP contribution in [0.3, 0.4) is 0 Å². The van der Waals surface area contributed by atoms with E-state index in [-0.39, 0.29) is 18.1 Å². The van der Waals surface area contributed by atoms with E-state index in [0.717, 1.165) is 30.6 Å². The summed E-state index contributed by atoms with van der Waals surface area (Å²) in [4.78, 5) is 12.9. The lowest BCUT2D eigenvalue weighted by atomic mass is 9.93. The van der Waals surface area contributed by atoms with Crippen molar-refractivity contribution in [2.45, 2.75) is 42.7 Å². The maximum Gasteiger partial charge on any atom is 0.230 e. The first-order chi connectivity index (χ1) is 8.75. The number of carbonyl (C=O) groups excluding carboxylic acids is 1. The molecule has 1 aromatic carbocycles. The van der Waals surface area contributed by atoms with E-state index in [0.29, 0.717) is 5.75 Å². The van der Waals surface area contributed by atoms with Gasteiger partial charge < -0.3 is 10.4 Å². The summed E-state index contributed by atoms with van der Waals surface area (Å²) in [7, 11) is 0. The van der Waals surface area contributed by atoms with Crippen LogP contribution in [0.5, 0.6) is 0 Å². The van der Waals surface area contributed by atoms with Crippen LogP contribution in [0.4, 0.5) is 0 Å². The summed E-state index contributed by atoms with van der Waals surface area (Å²) < 4.78 is 0. The molecule has 0 radical (unpaired) electrons. The Morgan fingerprint density at radius 1 is 1.28 bits per heavy atom. The molecule has 3 nitrogen and oxygen atoms in total. The molecule has 0 spiro atoms. The highest BCUT2D eigenvalue weighted by molar-refractivity contribution is 8.00. The van der Waals surface area contributed by atoms with Crippen molar-refractivity contribution < 1.29 is 9.90 Å². The SMILES string of the molecule is O=C(CSc1ccccc1)NC1CCCCC1O. The zero-order valence-corrected chi connectivity index (χ0v) is 11.2. The summed E-state index contributed by atoms with van der Waals surface area (Å²) in [5, 5.41) is 12.7. The molecule has 2 rings (SSSR count). The minimum absolute atomic E-state index is 0.00908. The van der Waals surface area contributed by atoms with Crippen molar-refractivity contribution in [3.63, 3.8) is 0 Å². The molecular formula is C14H19NO2S. The summed E-state index contributed by atoms with van der Waals surface area (Å²) >= 11 is 1.52. The van der Waals surface area contributed by atoms with Gasteiger partial charge in [0, 0.05) is 4.90 Å². The Balaban J connectivity index is 1.75. The van der Waals surface area contributed by atoms with Gasteiger partial charge in [0.2, 0.25) is 5.91 Å². The van der Waals surface area contributed by atoms with E-state index in [1.807, 2.05) is 30.3 Å². The van der Waals surface area contributed by atoms with E-state index >= 15 is 0 Å². The third kappa shape index (κ3) is 4.03. The summed E-state index contributed by atoms with van der Waals surface area (Å²) in [6.07, 6.45) is 3.48. The molecule has 1 aromatic rings. The van der Waals surface area contributed by atoms with Gasteiger partial charge >= 0.3 is 0 Å². The van der Waals surface area contributed by atoms with E-state index in [4.69, 9.17) is 0 Å². The summed E-state index contributed by atoms with van der Waals surface area (Å²) in [6, 6.07) is 9.82. The van der Waals surface area contributed by atoms with Crippen LogP contribution in [0.25, 0.3) is 0 Å². The van der Waals surface area contributed by atoms with Crippen LogP contribution < -0.4 is 5.32 Å². The molecule has 0 bridgehead atoms. The lowest BCUT2D eigenvalue weighted by Gasteiger charge is -2.28. The number of hydrogen-bond acceptors (Lipinski definition) is 3. The zero-order valence-electron chi connectivity index (χ0n) is 10.3. The van der Waals surface area contributed by atoms with E-state index in [1.54, 1.807) is 0 Å². The maximum absolute atomic E-state index is 11.8. The molecule has 4 heteroatoms. The zero-order chi connectivity index (χ0) is 12.8. The number of aliphatic hydroxyl groups is 1. The van der Waals surface area contributed by atoms with Gasteiger partial charge in [0.15, 0.2) is 0 Å². The van der Waals surface area contributed by atoms with Crippen molar-refractivity contribution in [3.8, 4) is 0 Å². The third-order valence-corrected chi connectivity index (χ3v) is 4.20. The second-order valence-corrected chi connectivity index (χ2v) is 5.68. The molecule has 0 aliphatic heterocycles. The molecule has 2 N–H and O–H groups in total. The number of thioether (sulfide) groups is 1. The number of amides is 1. The Bertz CT molecular complexity index is 383. The fourth-order valence-corrected chi connectivity index (χ4v) is 2.92. The first-order valence-electron chi connectivity index (χ1n) is 6.41. The predicted octanol–water partition coefficient (Wildman–Crippen LogP) is 2.20. The van der Waals surface area contributed by atoms with Gasteiger partial charge in [0.05, 0.1) is 17.9 Å². The monoisotopic (exact) mass is 265 g/mol. The Labute approximate surface area is 112 Å². The minimum Gasteiger partial charge on any atom is -0.391 e. The minimum atomic E-state index is -0.371. The van der Waals surface area contributed by atoms with Gasteiger partial charge in [0.25, 0.3) is 0 Å². The molecular weight excluding hydrogens is 246 g/mol. The molecule has 1 amide bonds. The molecule has 0 aromatic heterocycles. The fourth-order valence-electron chi connectivity index (χ4n) is 2.19. The highest BCUT2D eigenvalue weighted by Crippen LogP contribution is 2.19. The van der Waals surface area contributed by atoms with Crippen LogP contribution in [0.15, 0.2) is 35.2 Å². The number of rotatable bonds is 4. The molecule has 0 saturated heterocycles. The largest absolute Gasteiger partial charge is 0.391 e. The molecule has 18 heavy (non-hydrogen) atoms. The Morgan fingerprint density at radius 2 is 2.00 bits per heavy atom. The van der Waals surface area contributed by atoms with Gasteiger partial charge in [0.1, 0.15) is 0 Å². The second-order valence-electron chi connectivity index (χ2n) is 4.63. The molecule has 1 aliphatic rings. The standard InChI is InChI=1S/C14H19NO2S/c16-13-9-5-4-8-12(13)15-14(17)10-18-11-6-2-1-3-7-11/h1-3,6-7,12-13,16H,4-5,8-10H2,(H,15,17). The van der Waals surface area contributed by atoms with Crippen LogP contribution in [-0.4, -0.2) is 28.9 Å². The molecule has 98 valence electrons. The summed E-state index contributed by atoms with van der Waals surface area (Å²) in [5.41, 5.74) is 0. The van der Waals surface area contributed by atoms with Crippen molar-refractivity contribution in [1.82, 2.24) is 5.32 Å². The van der Waals surface area contributed by atoms with Crippen LogP contribution in [-0.2, 0) is 4.79 Å². The van der Waals surface area contributed by atoms with Crippen molar-refractivity contribution >= 4 is 17.7 Å². The number of benzene rings is 1. The Morgan fingerprint density at radius 3 is 2.72 bits per heavy atom. The van der Waals surface area contributed by atoms with Crippen LogP contribution in [0.1, 0.15) is 25.7 Å². The quantitative estimate of drug-likeness (QED) is 0.821. The average molecular weight is 265 g/mol. The highest BCUT2D eigenvalue weighted by Gasteiger charge is 2.24. The topological polar surface area (TPSA) is 49.3 Å². The molecule has 1 fully saturated rings. The number of nitrogens with one attached hydrogen (secondary N) is 1. The molecule has 2 atom stereocenters. The van der Waals surface area contributed by atoms with Crippen LogP contribution in [0, 0.1) is 0 Å². The van der Waals surface area contributed by atoms with E-state index in [9.17, 15) is 9.90 Å². The van der Waals surface area contributed by atoms with E-state index in [2.05, 4.69) is 5.32 Å². The van der Waals surface area contributed by atoms with Gasteiger partial charge in [-0.1, -0.05) is 31.0 Å². The Kier molecular flexibility index (Phi) is 5.08. The number of carbonyl (C=O) groups is 1. The fraction of sp³-hybridized carbons (Fsp3) is 0.500. The number of aliphatic hydroxyl groups excluding tert-OH is 1. The van der Waals surface area contributed by atoms with Gasteiger partial charge in [-0.05, 0) is 25.0 Å². The maximum atomic E-state index is 11.8. The van der Waals surface area contributed by atoms with Crippen molar-refractivity contribution in [2.75, 3.05) is 5.75 Å². The van der Waals surface area contributed by atoms with Crippen molar-refractivity contribution in [2.24, 2.45) is 0 Å². The van der Waals surface area contributed by atoms with Crippen molar-refractivity contribution in [3.05, 3.63) is 30.3 Å². The van der Waals surface area contributed by atoms with Crippen molar-refractivity contribution in [1.29, 1.82) is 0 Å². The molecule has 0 heterocycles. The molecule has 1 saturated carbocycles. The average Bonchev–Trinajstić information content (AvgIpc) is 2.40. The van der Waals surface area contributed by atoms with Gasteiger partial charge in [-0.25, -0.2) is 0 Å². The summed E-state index contributed by atoms with van der Waals surface area (Å²) in [5.74, 6) is 0.419. The van der Waals surface area contributed by atoms with Gasteiger partial charge in [-0.15, -0.1) is 11.8 Å². The van der Waals surface area contributed by atoms with Gasteiger partial charge in [-0.2, -0.15) is 0 Å². The first kappa shape index (κ1) is 13.4. The lowest BCUT2D eigenvalue weighted by molar-refractivity contribution is -0.120. The van der Waals surface area contributed by atoms with E-state index < -0.39 is 0 Å². The van der Waals surface area contributed by atoms with E-state index in [1.165, 1.54) is 11.8 Å². The highest BCUT2D eigenvalue weighted by atomic mass is 32.2. The third-order valence-electron chi connectivity index (χ3n) is 3.19. The van der Waals surface area contributed by atoms with Gasteiger partial charge in [-0.3, -0.25) is 4.79 Å². The smallest absolute Gasteiger partial charge is 0.230 e. The Hall–Kier alpha value is -1.00. The lowest BCUT2D eigenvalue weighted by Crippen LogP contribution is -2.45. The molecule has 2 unspecified atom stereocenters.